The molecule has 0 saturated carbocycles. The smallest absolute Gasteiger partial charge is 0.237 e. The molecule has 1 aromatic rings. The maximum atomic E-state index is 11.2. The second-order valence-electron chi connectivity index (χ2n) is 3.16. The minimum Gasteiger partial charge on any atom is -0.350 e. The quantitative estimate of drug-likeness (QED) is 0.824. The fourth-order valence-corrected chi connectivity index (χ4v) is 1.78. The second kappa shape index (κ2) is 4.77. The highest BCUT2D eigenvalue weighted by Gasteiger charge is 2.10. The van der Waals surface area contributed by atoms with Gasteiger partial charge in [-0.1, -0.05) is 0 Å². The van der Waals surface area contributed by atoms with E-state index in [1.54, 1.807) is 18.3 Å². The van der Waals surface area contributed by atoms with Gasteiger partial charge in [0.1, 0.15) is 5.92 Å². The Kier molecular flexibility index (Phi) is 3.66. The average Bonchev–Trinajstić information content (AvgIpc) is 2.59. The predicted molar refractivity (Wildman–Crippen MR) is 55.7 cm³/mol. The lowest BCUT2D eigenvalue weighted by molar-refractivity contribution is -0.123. The summed E-state index contributed by atoms with van der Waals surface area (Å²) in [5.41, 5.74) is 1.20. The van der Waals surface area contributed by atoms with Crippen LogP contribution in [0, 0.1) is 24.2 Å². The van der Waals surface area contributed by atoms with Crippen molar-refractivity contribution in [2.45, 2.75) is 20.4 Å². The molecule has 0 aromatic carbocycles. The van der Waals surface area contributed by atoms with Crippen molar-refractivity contribution in [2.75, 3.05) is 0 Å². The standard InChI is InChI=1S/C10H12N2OS/c1-7-3-9(14-6-7)5-12-10(13)8(2)4-11/h3,6,8H,5H2,1-2H3,(H,12,13). The van der Waals surface area contributed by atoms with Crippen LogP contribution in [0.1, 0.15) is 17.4 Å². The van der Waals surface area contributed by atoms with Gasteiger partial charge in [0.25, 0.3) is 0 Å². The Morgan fingerprint density at radius 3 is 3.00 bits per heavy atom. The molecule has 1 N–H and O–H groups in total. The van der Waals surface area contributed by atoms with Crippen LogP contribution >= 0.6 is 11.3 Å². The normalized spacial score (nSPS) is 11.8. The molecule has 0 aliphatic rings. The fraction of sp³-hybridized carbons (Fsp3) is 0.400. The van der Waals surface area contributed by atoms with Gasteiger partial charge < -0.3 is 5.32 Å². The van der Waals surface area contributed by atoms with Gasteiger partial charge in [0.15, 0.2) is 0 Å². The molecule has 1 heterocycles. The Bertz CT molecular complexity index is 364. The van der Waals surface area contributed by atoms with E-state index in [4.69, 9.17) is 5.26 Å². The van der Waals surface area contributed by atoms with E-state index in [2.05, 4.69) is 5.32 Å². The van der Waals surface area contributed by atoms with Crippen molar-refractivity contribution < 1.29 is 4.79 Å². The molecule has 0 spiro atoms. The molecule has 0 bridgehead atoms. The summed E-state index contributed by atoms with van der Waals surface area (Å²) in [6.07, 6.45) is 0. The number of amides is 1. The summed E-state index contributed by atoms with van der Waals surface area (Å²) in [5.74, 6) is -0.783. The highest BCUT2D eigenvalue weighted by atomic mass is 32.1. The van der Waals surface area contributed by atoms with Gasteiger partial charge in [-0.3, -0.25) is 4.79 Å². The first-order chi connectivity index (χ1) is 6.63. The van der Waals surface area contributed by atoms with E-state index in [-0.39, 0.29) is 5.91 Å². The van der Waals surface area contributed by atoms with Crippen LogP contribution in [0.4, 0.5) is 0 Å². The monoisotopic (exact) mass is 208 g/mol. The molecule has 0 fully saturated rings. The lowest BCUT2D eigenvalue weighted by atomic mass is 10.2. The van der Waals surface area contributed by atoms with Gasteiger partial charge in [0.2, 0.25) is 5.91 Å². The van der Waals surface area contributed by atoms with Crippen molar-refractivity contribution in [1.82, 2.24) is 5.32 Å². The molecule has 1 atom stereocenters. The summed E-state index contributed by atoms with van der Waals surface area (Å²) in [6.45, 7) is 4.12. The van der Waals surface area contributed by atoms with Crippen LogP contribution in [0.15, 0.2) is 11.4 Å². The highest BCUT2D eigenvalue weighted by Crippen LogP contribution is 2.13. The first-order valence-electron chi connectivity index (χ1n) is 4.35. The van der Waals surface area contributed by atoms with Crippen molar-refractivity contribution in [3.63, 3.8) is 0 Å². The summed E-state index contributed by atoms with van der Waals surface area (Å²) < 4.78 is 0. The number of nitrogens with zero attached hydrogens (tertiary/aromatic N) is 1. The number of rotatable bonds is 3. The lowest BCUT2D eigenvalue weighted by Crippen LogP contribution is -2.27. The van der Waals surface area contributed by atoms with E-state index in [1.807, 2.05) is 24.4 Å². The third-order valence-corrected chi connectivity index (χ3v) is 2.86. The first-order valence-corrected chi connectivity index (χ1v) is 5.23. The molecule has 4 heteroatoms. The Hall–Kier alpha value is -1.34. The fourth-order valence-electron chi connectivity index (χ4n) is 0.969. The molecule has 1 aromatic heterocycles. The minimum atomic E-state index is -0.573. The molecule has 0 saturated heterocycles. The number of hydrogen-bond acceptors (Lipinski definition) is 3. The van der Waals surface area contributed by atoms with Crippen LogP contribution < -0.4 is 5.32 Å². The van der Waals surface area contributed by atoms with E-state index in [0.29, 0.717) is 6.54 Å². The number of nitriles is 1. The van der Waals surface area contributed by atoms with E-state index >= 15 is 0 Å². The van der Waals surface area contributed by atoms with Crippen LogP contribution in [-0.2, 0) is 11.3 Å². The maximum Gasteiger partial charge on any atom is 0.237 e. The Balaban J connectivity index is 2.42. The molecule has 1 unspecified atom stereocenters. The number of carbonyl (C=O) groups excluding carboxylic acids is 1. The molecule has 0 aliphatic heterocycles. The van der Waals surface area contributed by atoms with Crippen molar-refractivity contribution in [3.8, 4) is 6.07 Å². The topological polar surface area (TPSA) is 52.9 Å². The van der Waals surface area contributed by atoms with Crippen LogP contribution in [0.2, 0.25) is 0 Å². The van der Waals surface area contributed by atoms with E-state index in [1.165, 1.54) is 5.56 Å². The number of thiophene rings is 1. The molecule has 1 rings (SSSR count). The predicted octanol–water partition coefficient (Wildman–Crippen LogP) is 1.83. The minimum absolute atomic E-state index is 0.210. The van der Waals surface area contributed by atoms with Gasteiger partial charge in [-0.15, -0.1) is 11.3 Å². The van der Waals surface area contributed by atoms with E-state index in [9.17, 15) is 4.79 Å². The van der Waals surface area contributed by atoms with Crippen molar-refractivity contribution in [2.24, 2.45) is 5.92 Å². The van der Waals surface area contributed by atoms with Gasteiger partial charge >= 0.3 is 0 Å². The molecule has 1 amide bonds. The molecule has 74 valence electrons. The maximum absolute atomic E-state index is 11.2. The van der Waals surface area contributed by atoms with Gasteiger partial charge in [-0.2, -0.15) is 5.26 Å². The molecule has 3 nitrogen and oxygen atoms in total. The van der Waals surface area contributed by atoms with Crippen molar-refractivity contribution in [3.05, 3.63) is 21.9 Å². The van der Waals surface area contributed by atoms with Crippen molar-refractivity contribution >= 4 is 17.2 Å². The Morgan fingerprint density at radius 2 is 2.50 bits per heavy atom. The molecule has 14 heavy (non-hydrogen) atoms. The number of carbonyl (C=O) groups is 1. The van der Waals surface area contributed by atoms with E-state index < -0.39 is 5.92 Å². The van der Waals surface area contributed by atoms with E-state index in [0.717, 1.165) is 4.88 Å². The van der Waals surface area contributed by atoms with Gasteiger partial charge in [-0.25, -0.2) is 0 Å². The Morgan fingerprint density at radius 1 is 1.79 bits per heavy atom. The molecular weight excluding hydrogens is 196 g/mol. The van der Waals surface area contributed by atoms with Crippen LogP contribution in [0.25, 0.3) is 0 Å². The summed E-state index contributed by atoms with van der Waals surface area (Å²) >= 11 is 1.61. The van der Waals surface area contributed by atoms with Crippen molar-refractivity contribution in [1.29, 1.82) is 5.26 Å². The largest absolute Gasteiger partial charge is 0.350 e. The molecule has 0 aliphatic carbocycles. The van der Waals surface area contributed by atoms with Crippen LogP contribution in [-0.4, -0.2) is 5.91 Å². The zero-order valence-corrected chi connectivity index (χ0v) is 9.02. The van der Waals surface area contributed by atoms with Gasteiger partial charge in [0.05, 0.1) is 12.6 Å². The Labute approximate surface area is 87.4 Å². The summed E-state index contributed by atoms with van der Waals surface area (Å²) in [6, 6.07) is 3.93. The first kappa shape index (κ1) is 10.7. The zero-order valence-electron chi connectivity index (χ0n) is 8.20. The summed E-state index contributed by atoms with van der Waals surface area (Å²) in [5, 5.41) is 13.2. The highest BCUT2D eigenvalue weighted by molar-refractivity contribution is 7.10. The third kappa shape index (κ3) is 2.86. The lowest BCUT2D eigenvalue weighted by Gasteiger charge is -2.03. The molecular formula is C10H12N2OS. The third-order valence-electron chi connectivity index (χ3n) is 1.81. The number of aryl methyl sites for hydroxylation is 1. The number of nitrogens with one attached hydrogen (secondary N) is 1. The van der Waals surface area contributed by atoms with Crippen LogP contribution in [0.3, 0.4) is 0 Å². The second-order valence-corrected chi connectivity index (χ2v) is 4.15. The number of hydrogen-bond donors (Lipinski definition) is 1. The van der Waals surface area contributed by atoms with Gasteiger partial charge in [0, 0.05) is 4.88 Å². The SMILES string of the molecule is Cc1csc(CNC(=O)C(C)C#N)c1. The summed E-state index contributed by atoms with van der Waals surface area (Å²) in [7, 11) is 0. The molecule has 0 radical (unpaired) electrons. The van der Waals surface area contributed by atoms with Gasteiger partial charge in [-0.05, 0) is 30.9 Å². The van der Waals surface area contributed by atoms with Crippen LogP contribution in [0.5, 0.6) is 0 Å². The zero-order chi connectivity index (χ0) is 10.6. The average molecular weight is 208 g/mol. The summed E-state index contributed by atoms with van der Waals surface area (Å²) in [4.78, 5) is 12.3.